The van der Waals surface area contributed by atoms with Crippen LogP contribution in [0.25, 0.3) is 11.0 Å². The van der Waals surface area contributed by atoms with Crippen LogP contribution in [0.3, 0.4) is 0 Å². The van der Waals surface area contributed by atoms with Gasteiger partial charge in [0.15, 0.2) is 0 Å². The minimum atomic E-state index is -0.845. The van der Waals surface area contributed by atoms with Crippen molar-refractivity contribution in [2.45, 2.75) is 37.1 Å². The molecule has 3 aromatic rings. The van der Waals surface area contributed by atoms with Gasteiger partial charge in [0.05, 0.1) is 16.4 Å². The minimum Gasteiger partial charge on any atom is -0.355 e. The molecule has 5 rings (SSSR count). The Balaban J connectivity index is 1.34. The van der Waals surface area contributed by atoms with Gasteiger partial charge in [0.1, 0.15) is 11.6 Å². The van der Waals surface area contributed by atoms with Crippen LogP contribution in [0.1, 0.15) is 30.7 Å². The van der Waals surface area contributed by atoms with E-state index in [1.165, 1.54) is 12.1 Å². The van der Waals surface area contributed by atoms with Crippen molar-refractivity contribution in [1.29, 1.82) is 0 Å². The van der Waals surface area contributed by atoms with Gasteiger partial charge in [-0.3, -0.25) is 9.59 Å². The Morgan fingerprint density at radius 3 is 2.80 bits per heavy atom. The third-order valence-electron chi connectivity index (χ3n) is 6.39. The third kappa shape index (κ3) is 3.14. The van der Waals surface area contributed by atoms with Gasteiger partial charge in [0, 0.05) is 32.0 Å². The number of hydrogen-bond acceptors (Lipinski definition) is 3. The summed E-state index contributed by atoms with van der Waals surface area (Å²) in [6.45, 7) is 0.777. The van der Waals surface area contributed by atoms with Crippen LogP contribution in [0.15, 0.2) is 48.5 Å². The van der Waals surface area contributed by atoms with Crippen molar-refractivity contribution in [3.63, 3.8) is 0 Å². The van der Waals surface area contributed by atoms with Crippen LogP contribution < -0.4 is 5.32 Å². The number of para-hydroxylation sites is 2. The first kappa shape index (κ1) is 18.8. The van der Waals surface area contributed by atoms with Crippen LogP contribution >= 0.6 is 0 Å². The summed E-state index contributed by atoms with van der Waals surface area (Å²) < 4.78 is 13.5. The Kier molecular flexibility index (Phi) is 4.53. The van der Waals surface area contributed by atoms with Crippen molar-refractivity contribution < 1.29 is 14.0 Å². The summed E-state index contributed by atoms with van der Waals surface area (Å²) in [6, 6.07) is 14.0. The Morgan fingerprint density at radius 2 is 2.03 bits per heavy atom. The lowest BCUT2D eigenvalue weighted by atomic mass is 9.77. The number of aromatic nitrogens is 2. The van der Waals surface area contributed by atoms with Gasteiger partial charge < -0.3 is 15.2 Å². The number of imidazole rings is 1. The fourth-order valence-electron chi connectivity index (χ4n) is 4.84. The molecule has 7 heteroatoms. The van der Waals surface area contributed by atoms with E-state index in [1.54, 1.807) is 12.1 Å². The summed E-state index contributed by atoms with van der Waals surface area (Å²) in [6.07, 6.45) is 2.46. The predicted octanol–water partition coefficient (Wildman–Crippen LogP) is 2.69. The molecule has 6 nitrogen and oxygen atoms in total. The second kappa shape index (κ2) is 7.23. The molecule has 2 aliphatic rings. The Hall–Kier alpha value is -3.22. The lowest BCUT2D eigenvalue weighted by Gasteiger charge is -2.29. The molecule has 30 heavy (non-hydrogen) atoms. The predicted molar refractivity (Wildman–Crippen MR) is 110 cm³/mol. The summed E-state index contributed by atoms with van der Waals surface area (Å²) in [5.74, 6) is 0.454. The van der Waals surface area contributed by atoms with E-state index < -0.39 is 5.41 Å². The van der Waals surface area contributed by atoms with Gasteiger partial charge in [0.25, 0.3) is 0 Å². The molecule has 2 fully saturated rings. The van der Waals surface area contributed by atoms with Gasteiger partial charge in [0.2, 0.25) is 11.8 Å². The lowest BCUT2D eigenvalue weighted by Crippen LogP contribution is -2.47. The molecule has 3 heterocycles. The highest BCUT2D eigenvalue weighted by Gasteiger charge is 2.53. The van der Waals surface area contributed by atoms with Crippen molar-refractivity contribution in [2.24, 2.45) is 0 Å². The number of benzene rings is 2. The van der Waals surface area contributed by atoms with E-state index in [-0.39, 0.29) is 23.7 Å². The summed E-state index contributed by atoms with van der Waals surface area (Å²) in [5.41, 5.74) is 1.78. The summed E-state index contributed by atoms with van der Waals surface area (Å²) >= 11 is 0. The molecular formula is C23H23FN4O2. The van der Waals surface area contributed by atoms with E-state index >= 15 is 0 Å². The van der Waals surface area contributed by atoms with Crippen molar-refractivity contribution in [2.75, 3.05) is 13.1 Å². The maximum Gasteiger partial charge on any atom is 0.232 e. The zero-order chi connectivity index (χ0) is 20.7. The highest BCUT2D eigenvalue weighted by atomic mass is 19.1. The molecule has 0 aliphatic carbocycles. The zero-order valence-electron chi connectivity index (χ0n) is 16.5. The smallest absolute Gasteiger partial charge is 0.232 e. The van der Waals surface area contributed by atoms with Gasteiger partial charge >= 0.3 is 0 Å². The third-order valence-corrected chi connectivity index (χ3v) is 6.39. The first-order valence-electron chi connectivity index (χ1n) is 10.3. The van der Waals surface area contributed by atoms with Crippen LogP contribution in [-0.2, 0) is 21.4 Å². The molecule has 2 saturated heterocycles. The number of carbonyl (C=O) groups is 2. The average molecular weight is 406 g/mol. The van der Waals surface area contributed by atoms with Crippen molar-refractivity contribution in [3.8, 4) is 0 Å². The molecule has 1 aromatic heterocycles. The molecule has 2 atom stereocenters. The Morgan fingerprint density at radius 1 is 1.23 bits per heavy atom. The number of carbonyl (C=O) groups excluding carboxylic acids is 2. The minimum absolute atomic E-state index is 0.0728. The van der Waals surface area contributed by atoms with Gasteiger partial charge in [-0.1, -0.05) is 24.3 Å². The Labute approximate surface area is 173 Å². The van der Waals surface area contributed by atoms with Gasteiger partial charge in [-0.05, 0) is 42.7 Å². The molecule has 2 aromatic carbocycles. The summed E-state index contributed by atoms with van der Waals surface area (Å²) in [7, 11) is 0. The molecule has 2 amide bonds. The first-order valence-corrected chi connectivity index (χ1v) is 10.3. The van der Waals surface area contributed by atoms with E-state index in [9.17, 15) is 14.0 Å². The molecule has 2 N–H and O–H groups in total. The fraction of sp³-hybridized carbons (Fsp3) is 0.348. The first-order chi connectivity index (χ1) is 14.5. The Bertz CT molecular complexity index is 1080. The van der Waals surface area contributed by atoms with E-state index in [0.717, 1.165) is 28.8 Å². The van der Waals surface area contributed by atoms with E-state index in [0.29, 0.717) is 32.4 Å². The number of hydrogen-bond donors (Lipinski definition) is 2. The molecule has 0 saturated carbocycles. The normalized spacial score (nSPS) is 23.2. The maximum atomic E-state index is 13.5. The van der Waals surface area contributed by atoms with Gasteiger partial charge in [-0.2, -0.15) is 0 Å². The number of halogens is 1. The second-order valence-electron chi connectivity index (χ2n) is 8.21. The maximum absolute atomic E-state index is 13.5. The van der Waals surface area contributed by atoms with Crippen molar-refractivity contribution in [1.82, 2.24) is 20.2 Å². The number of fused-ring (bicyclic) bond motifs is 2. The van der Waals surface area contributed by atoms with Crippen molar-refractivity contribution in [3.05, 3.63) is 65.7 Å². The molecular weight excluding hydrogens is 383 g/mol. The highest BCUT2D eigenvalue weighted by molar-refractivity contribution is 5.91. The van der Waals surface area contributed by atoms with Gasteiger partial charge in [-0.25, -0.2) is 9.37 Å². The lowest BCUT2D eigenvalue weighted by molar-refractivity contribution is -0.129. The highest BCUT2D eigenvalue weighted by Crippen LogP contribution is 2.43. The van der Waals surface area contributed by atoms with E-state index in [4.69, 9.17) is 0 Å². The van der Waals surface area contributed by atoms with Crippen LogP contribution in [0.5, 0.6) is 0 Å². The monoisotopic (exact) mass is 406 g/mol. The average Bonchev–Trinajstić information content (AvgIpc) is 3.42. The largest absolute Gasteiger partial charge is 0.355 e. The molecule has 2 unspecified atom stereocenters. The topological polar surface area (TPSA) is 78.1 Å². The van der Waals surface area contributed by atoms with Crippen LogP contribution in [0, 0.1) is 5.82 Å². The fourth-order valence-corrected chi connectivity index (χ4v) is 4.84. The number of H-pyrrole nitrogens is 1. The molecule has 2 aliphatic heterocycles. The van der Waals surface area contributed by atoms with Gasteiger partial charge in [-0.15, -0.1) is 0 Å². The van der Waals surface area contributed by atoms with E-state index in [2.05, 4.69) is 15.3 Å². The zero-order valence-corrected chi connectivity index (χ0v) is 16.5. The quantitative estimate of drug-likeness (QED) is 0.684. The standard InChI is InChI=1S/C23H23FN4O2/c24-16-7-5-15(6-8-16)23(13-17-9-10-21(29)28(17)14-23)22(30)25-12-11-20-26-18-3-1-2-4-19(18)27-20/h1-8,17H,9-14H2,(H,25,30)(H,26,27). The number of nitrogens with one attached hydrogen (secondary N) is 2. The SMILES string of the molecule is O=C1CCC2CC(C(=O)NCCc3nc4ccccc4[nH]3)(c3ccc(F)cc3)CN12. The van der Waals surface area contributed by atoms with Crippen LogP contribution in [0.4, 0.5) is 4.39 Å². The molecule has 154 valence electrons. The molecule has 0 spiro atoms. The number of amides is 2. The van der Waals surface area contributed by atoms with Crippen LogP contribution in [0.2, 0.25) is 0 Å². The molecule has 0 radical (unpaired) electrons. The van der Waals surface area contributed by atoms with Crippen molar-refractivity contribution >= 4 is 22.8 Å². The number of aromatic amines is 1. The van der Waals surface area contributed by atoms with E-state index in [1.807, 2.05) is 29.2 Å². The summed E-state index contributed by atoms with van der Waals surface area (Å²) in [5, 5.41) is 3.04. The second-order valence-corrected chi connectivity index (χ2v) is 8.21. The molecule has 0 bridgehead atoms. The summed E-state index contributed by atoms with van der Waals surface area (Å²) in [4.78, 5) is 35.3. The number of nitrogens with zero attached hydrogens (tertiary/aromatic N) is 2. The van der Waals surface area contributed by atoms with Crippen LogP contribution in [-0.4, -0.2) is 45.8 Å². The number of rotatable bonds is 5.